The van der Waals surface area contributed by atoms with E-state index >= 15 is 0 Å². The van der Waals surface area contributed by atoms with Crippen LogP contribution in [0.3, 0.4) is 0 Å². The topological polar surface area (TPSA) is 52.6 Å². The fourth-order valence-corrected chi connectivity index (χ4v) is 6.45. The number of hydrogen-bond acceptors (Lipinski definition) is 4. The van der Waals surface area contributed by atoms with E-state index in [-0.39, 0.29) is 5.97 Å². The first-order chi connectivity index (χ1) is 16.3. The first-order valence-electron chi connectivity index (χ1n) is 12.0. The Kier molecular flexibility index (Phi) is 8.88. The SMILES string of the molecule is CCCCC(C)(C(C)OC(=O)c1ccccc1)C(C)OP(=O)(c1ccccc1)c1ccccc1. The largest absolute Gasteiger partial charge is 0.458 e. The molecule has 0 heterocycles. The highest BCUT2D eigenvalue weighted by atomic mass is 31.2. The Morgan fingerprint density at radius 1 is 0.824 bits per heavy atom. The van der Waals surface area contributed by atoms with Crippen LogP contribution in [0.2, 0.25) is 0 Å². The molecule has 180 valence electrons. The van der Waals surface area contributed by atoms with E-state index < -0.39 is 25.0 Å². The van der Waals surface area contributed by atoms with Gasteiger partial charge in [-0.25, -0.2) is 4.79 Å². The monoisotopic (exact) mass is 478 g/mol. The van der Waals surface area contributed by atoms with Crippen molar-refractivity contribution < 1.29 is 18.6 Å². The Morgan fingerprint density at radius 2 is 1.29 bits per heavy atom. The summed E-state index contributed by atoms with van der Waals surface area (Å²) in [5.41, 5.74) is -0.0281. The van der Waals surface area contributed by atoms with Crippen molar-refractivity contribution in [3.63, 3.8) is 0 Å². The minimum absolute atomic E-state index is 0.364. The number of hydrogen-bond donors (Lipinski definition) is 0. The highest BCUT2D eigenvalue weighted by Crippen LogP contribution is 2.50. The third-order valence-electron chi connectivity index (χ3n) is 6.72. The van der Waals surface area contributed by atoms with Gasteiger partial charge in [0, 0.05) is 16.0 Å². The predicted molar refractivity (Wildman–Crippen MR) is 139 cm³/mol. The second kappa shape index (κ2) is 11.6. The fourth-order valence-electron chi connectivity index (χ4n) is 4.09. The summed E-state index contributed by atoms with van der Waals surface area (Å²) in [7, 11) is -3.38. The van der Waals surface area contributed by atoms with Gasteiger partial charge in [-0.2, -0.15) is 0 Å². The molecule has 0 saturated heterocycles. The van der Waals surface area contributed by atoms with Gasteiger partial charge < -0.3 is 9.26 Å². The van der Waals surface area contributed by atoms with Crippen LogP contribution in [-0.4, -0.2) is 18.2 Å². The van der Waals surface area contributed by atoms with Crippen molar-refractivity contribution in [3.8, 4) is 0 Å². The summed E-state index contributed by atoms with van der Waals surface area (Å²) >= 11 is 0. The molecule has 0 N–H and O–H groups in total. The fraction of sp³-hybridized carbons (Fsp3) is 0.345. The molecule has 3 atom stereocenters. The van der Waals surface area contributed by atoms with Crippen molar-refractivity contribution >= 4 is 23.9 Å². The van der Waals surface area contributed by atoms with Crippen molar-refractivity contribution in [3.05, 3.63) is 96.6 Å². The summed E-state index contributed by atoms with van der Waals surface area (Å²) in [6.07, 6.45) is 1.83. The summed E-state index contributed by atoms with van der Waals surface area (Å²) in [6.45, 7) is 8.05. The van der Waals surface area contributed by atoms with Crippen LogP contribution in [0.5, 0.6) is 0 Å². The Morgan fingerprint density at radius 3 is 1.76 bits per heavy atom. The molecule has 0 spiro atoms. The standard InChI is InChI=1S/C29H35O4P/c1-5-6-22-29(4,23(2)32-28(30)25-16-10-7-11-17-25)24(3)33-34(31,26-18-12-8-13-19-26)27-20-14-9-15-21-27/h7-21,23-24H,5-6,22H2,1-4H3. The molecule has 34 heavy (non-hydrogen) atoms. The number of benzene rings is 3. The van der Waals surface area contributed by atoms with Crippen LogP contribution >= 0.6 is 7.37 Å². The van der Waals surface area contributed by atoms with Gasteiger partial charge in [-0.15, -0.1) is 0 Å². The third kappa shape index (κ3) is 5.87. The van der Waals surface area contributed by atoms with Crippen LogP contribution in [0.25, 0.3) is 0 Å². The minimum atomic E-state index is -3.38. The number of esters is 1. The van der Waals surface area contributed by atoms with Gasteiger partial charge in [0.15, 0.2) is 0 Å². The van der Waals surface area contributed by atoms with Gasteiger partial charge in [0.25, 0.3) is 7.37 Å². The molecule has 0 radical (unpaired) electrons. The lowest BCUT2D eigenvalue weighted by molar-refractivity contribution is -0.0523. The summed E-state index contributed by atoms with van der Waals surface area (Å²) in [6, 6.07) is 27.7. The molecule has 3 aromatic carbocycles. The van der Waals surface area contributed by atoms with Crippen molar-refractivity contribution in [2.75, 3.05) is 0 Å². The van der Waals surface area contributed by atoms with E-state index in [4.69, 9.17) is 9.26 Å². The summed E-state index contributed by atoms with van der Waals surface area (Å²) in [5, 5.41) is 1.31. The highest BCUT2D eigenvalue weighted by Gasteiger charge is 2.43. The number of ether oxygens (including phenoxy) is 1. The van der Waals surface area contributed by atoms with Crippen molar-refractivity contribution in [2.45, 2.75) is 59.2 Å². The van der Waals surface area contributed by atoms with Crippen LogP contribution < -0.4 is 10.6 Å². The van der Waals surface area contributed by atoms with Crippen molar-refractivity contribution in [1.82, 2.24) is 0 Å². The maximum absolute atomic E-state index is 14.5. The van der Waals surface area contributed by atoms with Gasteiger partial charge >= 0.3 is 5.97 Å². The van der Waals surface area contributed by atoms with Crippen molar-refractivity contribution in [1.29, 1.82) is 0 Å². The molecule has 0 aliphatic heterocycles. The minimum Gasteiger partial charge on any atom is -0.458 e. The Bertz CT molecular complexity index is 1040. The average molecular weight is 479 g/mol. The molecular formula is C29H35O4P. The van der Waals surface area contributed by atoms with E-state index in [1.807, 2.05) is 92.7 Å². The van der Waals surface area contributed by atoms with E-state index in [0.717, 1.165) is 19.3 Å². The summed E-state index contributed by atoms with van der Waals surface area (Å²) < 4.78 is 27.0. The van der Waals surface area contributed by atoms with Gasteiger partial charge in [-0.3, -0.25) is 4.57 Å². The zero-order chi connectivity index (χ0) is 24.6. The lowest BCUT2D eigenvalue weighted by atomic mass is 9.75. The number of carbonyl (C=O) groups is 1. The number of carbonyl (C=O) groups excluding carboxylic acids is 1. The maximum atomic E-state index is 14.5. The van der Waals surface area contributed by atoms with E-state index in [0.29, 0.717) is 16.2 Å². The Labute approximate surface area is 203 Å². The highest BCUT2D eigenvalue weighted by molar-refractivity contribution is 7.74. The summed E-state index contributed by atoms with van der Waals surface area (Å²) in [5.74, 6) is -0.364. The first-order valence-corrected chi connectivity index (χ1v) is 13.6. The second-order valence-electron chi connectivity index (χ2n) is 8.99. The zero-order valence-electron chi connectivity index (χ0n) is 20.5. The smallest absolute Gasteiger partial charge is 0.338 e. The van der Waals surface area contributed by atoms with Crippen LogP contribution in [0.15, 0.2) is 91.0 Å². The molecule has 3 rings (SSSR count). The number of unbranched alkanes of at least 4 members (excludes halogenated alkanes) is 1. The van der Waals surface area contributed by atoms with Crippen LogP contribution in [-0.2, 0) is 13.8 Å². The van der Waals surface area contributed by atoms with Crippen LogP contribution in [0.4, 0.5) is 0 Å². The lowest BCUT2D eigenvalue weighted by Crippen LogP contribution is -2.44. The molecule has 5 heteroatoms. The van der Waals surface area contributed by atoms with Gasteiger partial charge in [0.05, 0.1) is 11.7 Å². The predicted octanol–water partition coefficient (Wildman–Crippen LogP) is 6.76. The quantitative estimate of drug-likeness (QED) is 0.226. The molecule has 3 unspecified atom stereocenters. The van der Waals surface area contributed by atoms with Gasteiger partial charge in [0.2, 0.25) is 0 Å². The molecule has 0 aliphatic rings. The number of rotatable bonds is 11. The second-order valence-corrected chi connectivity index (χ2v) is 11.3. The van der Waals surface area contributed by atoms with Gasteiger partial charge in [-0.1, -0.05) is 81.3 Å². The normalized spacial score (nSPS) is 15.2. The maximum Gasteiger partial charge on any atom is 0.338 e. The zero-order valence-corrected chi connectivity index (χ0v) is 21.4. The van der Waals surface area contributed by atoms with E-state index in [1.165, 1.54) is 0 Å². The van der Waals surface area contributed by atoms with Crippen LogP contribution in [0, 0.1) is 5.41 Å². The van der Waals surface area contributed by atoms with Crippen molar-refractivity contribution in [2.24, 2.45) is 5.41 Å². The Hall–Kier alpha value is -2.68. The molecule has 4 nitrogen and oxygen atoms in total. The molecule has 0 aliphatic carbocycles. The molecule has 0 bridgehead atoms. The third-order valence-corrected chi connectivity index (χ3v) is 9.29. The molecule has 3 aromatic rings. The molecule has 0 fully saturated rings. The van der Waals surface area contributed by atoms with Gasteiger partial charge in [-0.05, 0) is 56.7 Å². The molecule has 0 saturated carbocycles. The lowest BCUT2D eigenvalue weighted by Gasteiger charge is -2.41. The van der Waals surface area contributed by atoms with E-state index in [1.54, 1.807) is 12.1 Å². The first kappa shape index (κ1) is 25.9. The van der Waals surface area contributed by atoms with E-state index in [9.17, 15) is 9.36 Å². The van der Waals surface area contributed by atoms with E-state index in [2.05, 4.69) is 13.8 Å². The van der Waals surface area contributed by atoms with Gasteiger partial charge in [0.1, 0.15) is 6.10 Å². The average Bonchev–Trinajstić information content (AvgIpc) is 2.88. The molecule has 0 amide bonds. The Balaban J connectivity index is 1.92. The summed E-state index contributed by atoms with van der Waals surface area (Å²) in [4.78, 5) is 12.8. The molecular weight excluding hydrogens is 443 g/mol. The van der Waals surface area contributed by atoms with Crippen LogP contribution in [0.1, 0.15) is 57.3 Å². The molecule has 0 aromatic heterocycles.